The molecule has 2 rings (SSSR count). The van der Waals surface area contributed by atoms with Crippen LogP contribution in [0.25, 0.3) is 0 Å². The summed E-state index contributed by atoms with van der Waals surface area (Å²) in [5.74, 6) is 0.632. The van der Waals surface area contributed by atoms with Crippen molar-refractivity contribution in [2.75, 3.05) is 19.6 Å². The van der Waals surface area contributed by atoms with E-state index in [4.69, 9.17) is 17.3 Å². The van der Waals surface area contributed by atoms with E-state index >= 15 is 0 Å². The monoisotopic (exact) mass is 323 g/mol. The lowest BCUT2D eigenvalue weighted by Crippen LogP contribution is -2.44. The van der Waals surface area contributed by atoms with Gasteiger partial charge in [0.05, 0.1) is 12.6 Å². The van der Waals surface area contributed by atoms with Gasteiger partial charge >= 0.3 is 0 Å². The Morgan fingerprint density at radius 3 is 2.59 bits per heavy atom. The van der Waals surface area contributed by atoms with Crippen LogP contribution in [-0.4, -0.2) is 36.5 Å². The highest BCUT2D eigenvalue weighted by molar-refractivity contribution is 6.31. The summed E-state index contributed by atoms with van der Waals surface area (Å²) in [6.07, 6.45) is 2.15. The molecule has 1 amide bonds. The van der Waals surface area contributed by atoms with Crippen molar-refractivity contribution in [2.24, 2.45) is 11.7 Å². The number of nitrogens with one attached hydrogen (secondary N) is 1. The minimum atomic E-state index is -0.0807. The van der Waals surface area contributed by atoms with E-state index in [-0.39, 0.29) is 18.0 Å². The highest BCUT2D eigenvalue weighted by atomic mass is 35.5. The van der Waals surface area contributed by atoms with Crippen LogP contribution in [0.15, 0.2) is 24.3 Å². The Morgan fingerprint density at radius 2 is 2.00 bits per heavy atom. The van der Waals surface area contributed by atoms with Crippen molar-refractivity contribution in [3.05, 3.63) is 34.9 Å². The van der Waals surface area contributed by atoms with Gasteiger partial charge in [-0.05, 0) is 57.3 Å². The maximum Gasteiger partial charge on any atom is 0.234 e. The lowest BCUT2D eigenvalue weighted by atomic mass is 9.91. The quantitative estimate of drug-likeness (QED) is 0.875. The zero-order valence-electron chi connectivity index (χ0n) is 13.4. The Morgan fingerprint density at radius 1 is 1.36 bits per heavy atom. The molecule has 1 aromatic carbocycles. The number of likely N-dealkylation sites (tertiary alicyclic amines) is 1. The summed E-state index contributed by atoms with van der Waals surface area (Å²) >= 11 is 6.17. The molecule has 0 saturated carbocycles. The number of rotatable bonds is 5. The van der Waals surface area contributed by atoms with Gasteiger partial charge in [-0.2, -0.15) is 0 Å². The zero-order chi connectivity index (χ0) is 16.1. The van der Waals surface area contributed by atoms with E-state index in [1.54, 1.807) is 0 Å². The maximum absolute atomic E-state index is 12.2. The van der Waals surface area contributed by atoms with Crippen molar-refractivity contribution in [2.45, 2.75) is 38.8 Å². The van der Waals surface area contributed by atoms with Crippen LogP contribution in [0, 0.1) is 5.92 Å². The summed E-state index contributed by atoms with van der Waals surface area (Å²) in [4.78, 5) is 14.4. The topological polar surface area (TPSA) is 58.4 Å². The summed E-state index contributed by atoms with van der Waals surface area (Å²) in [7, 11) is 0. The third kappa shape index (κ3) is 4.70. The molecule has 0 spiro atoms. The molecule has 0 aromatic heterocycles. The van der Waals surface area contributed by atoms with Gasteiger partial charge in [-0.25, -0.2) is 0 Å². The number of hydrogen-bond donors (Lipinski definition) is 2. The second kappa shape index (κ2) is 7.95. The Kier molecular flexibility index (Phi) is 6.24. The molecule has 1 heterocycles. The average Bonchev–Trinajstić information content (AvgIpc) is 2.48. The zero-order valence-corrected chi connectivity index (χ0v) is 14.1. The molecule has 22 heavy (non-hydrogen) atoms. The largest absolute Gasteiger partial charge is 0.348 e. The molecule has 0 aliphatic carbocycles. The fourth-order valence-corrected chi connectivity index (χ4v) is 3.33. The number of hydrogen-bond acceptors (Lipinski definition) is 3. The molecule has 122 valence electrons. The average molecular weight is 324 g/mol. The van der Waals surface area contributed by atoms with Gasteiger partial charge in [0.25, 0.3) is 0 Å². The van der Waals surface area contributed by atoms with E-state index in [0.29, 0.717) is 17.5 Å². The third-order valence-corrected chi connectivity index (χ3v) is 4.84. The molecule has 1 saturated heterocycles. The molecule has 1 aliphatic heterocycles. The predicted molar refractivity (Wildman–Crippen MR) is 90.8 cm³/mol. The molecular weight excluding hydrogens is 298 g/mol. The number of nitrogens with zero attached hydrogens (tertiary/aromatic N) is 1. The van der Waals surface area contributed by atoms with Crippen molar-refractivity contribution in [1.29, 1.82) is 0 Å². The van der Waals surface area contributed by atoms with Gasteiger partial charge in [0, 0.05) is 11.1 Å². The number of carbonyl (C=O) groups is 1. The van der Waals surface area contributed by atoms with Crippen molar-refractivity contribution < 1.29 is 4.79 Å². The van der Waals surface area contributed by atoms with E-state index in [1.807, 2.05) is 31.2 Å². The Hall–Kier alpha value is -1.10. The lowest BCUT2D eigenvalue weighted by molar-refractivity contribution is -0.123. The van der Waals surface area contributed by atoms with Gasteiger partial charge in [0.1, 0.15) is 0 Å². The molecule has 1 fully saturated rings. The van der Waals surface area contributed by atoms with Crippen LogP contribution >= 0.6 is 11.6 Å². The number of amides is 1. The first kappa shape index (κ1) is 17.3. The van der Waals surface area contributed by atoms with Crippen LogP contribution in [0.5, 0.6) is 0 Å². The molecular formula is C17H26ClN3O. The molecule has 0 bridgehead atoms. The maximum atomic E-state index is 12.2. The molecule has 0 radical (unpaired) electrons. The van der Waals surface area contributed by atoms with Gasteiger partial charge in [-0.15, -0.1) is 0 Å². The Bertz CT molecular complexity index is 498. The molecule has 1 aromatic rings. The minimum absolute atomic E-state index is 0.0478. The van der Waals surface area contributed by atoms with Crippen LogP contribution in [0.1, 0.15) is 38.3 Å². The molecule has 2 atom stereocenters. The van der Waals surface area contributed by atoms with Gasteiger partial charge in [-0.3, -0.25) is 9.69 Å². The molecule has 2 unspecified atom stereocenters. The number of benzene rings is 1. The van der Waals surface area contributed by atoms with E-state index in [0.717, 1.165) is 31.5 Å². The van der Waals surface area contributed by atoms with Crippen LogP contribution in [-0.2, 0) is 4.79 Å². The molecule has 1 aliphatic rings. The van der Waals surface area contributed by atoms with Crippen molar-refractivity contribution >= 4 is 17.5 Å². The summed E-state index contributed by atoms with van der Waals surface area (Å²) in [5, 5.41) is 3.72. The number of nitrogens with two attached hydrogens (primary N) is 1. The second-order valence-electron chi connectivity index (χ2n) is 6.28. The van der Waals surface area contributed by atoms with Gasteiger partial charge in [0.15, 0.2) is 0 Å². The summed E-state index contributed by atoms with van der Waals surface area (Å²) in [6.45, 7) is 6.36. The van der Waals surface area contributed by atoms with Crippen LogP contribution in [0.2, 0.25) is 5.02 Å². The summed E-state index contributed by atoms with van der Waals surface area (Å²) in [6, 6.07) is 7.78. The van der Waals surface area contributed by atoms with Crippen molar-refractivity contribution in [3.8, 4) is 0 Å². The van der Waals surface area contributed by atoms with Gasteiger partial charge < -0.3 is 11.1 Å². The van der Waals surface area contributed by atoms with Gasteiger partial charge in [0.2, 0.25) is 5.91 Å². The smallest absolute Gasteiger partial charge is 0.234 e. The number of halogens is 1. The third-order valence-electron chi connectivity index (χ3n) is 4.49. The molecule has 5 heteroatoms. The van der Waals surface area contributed by atoms with Crippen LogP contribution in [0.3, 0.4) is 0 Å². The first-order chi connectivity index (χ1) is 10.5. The van der Waals surface area contributed by atoms with Crippen molar-refractivity contribution in [3.63, 3.8) is 0 Å². The van der Waals surface area contributed by atoms with Gasteiger partial charge in [-0.1, -0.05) is 29.8 Å². The summed E-state index contributed by atoms with van der Waals surface area (Å²) in [5.41, 5.74) is 6.90. The first-order valence-electron chi connectivity index (χ1n) is 7.99. The van der Waals surface area contributed by atoms with E-state index in [1.165, 1.54) is 0 Å². The number of piperidine rings is 1. The predicted octanol–water partition coefficient (Wildman–Crippen LogP) is 2.58. The molecule has 3 N–H and O–H groups in total. The lowest BCUT2D eigenvalue weighted by Gasteiger charge is -2.33. The van der Waals surface area contributed by atoms with Crippen LogP contribution < -0.4 is 11.1 Å². The Balaban J connectivity index is 1.80. The SMILES string of the molecule is CC(NC(=O)CN1CCC(C(C)N)CC1)c1ccccc1Cl. The standard InChI is InChI=1S/C17H26ClN3O/c1-12(19)14-7-9-21(10-8-14)11-17(22)20-13(2)15-5-3-4-6-16(15)18/h3-6,12-14H,7-11,19H2,1-2H3,(H,20,22). The molecule has 4 nitrogen and oxygen atoms in total. The highest BCUT2D eigenvalue weighted by Crippen LogP contribution is 2.22. The summed E-state index contributed by atoms with van der Waals surface area (Å²) < 4.78 is 0. The second-order valence-corrected chi connectivity index (χ2v) is 6.69. The van der Waals surface area contributed by atoms with Crippen molar-refractivity contribution in [1.82, 2.24) is 10.2 Å². The Labute approximate surface area is 138 Å². The first-order valence-corrected chi connectivity index (χ1v) is 8.37. The fraction of sp³-hybridized carbons (Fsp3) is 0.588. The van der Waals surface area contributed by atoms with E-state index in [9.17, 15) is 4.79 Å². The van der Waals surface area contributed by atoms with E-state index in [2.05, 4.69) is 17.1 Å². The van der Waals surface area contributed by atoms with E-state index < -0.39 is 0 Å². The van der Waals surface area contributed by atoms with Crippen LogP contribution in [0.4, 0.5) is 0 Å². The minimum Gasteiger partial charge on any atom is -0.348 e. The highest BCUT2D eigenvalue weighted by Gasteiger charge is 2.23. The normalized spacial score (nSPS) is 19.6. The fourth-order valence-electron chi connectivity index (χ4n) is 3.03. The number of carbonyl (C=O) groups excluding carboxylic acids is 1.